The van der Waals surface area contributed by atoms with E-state index in [1.165, 1.54) is 54.0 Å². The maximum absolute atomic E-state index is 13.2. The number of nitrogens with one attached hydrogen (secondary N) is 2. The lowest BCUT2D eigenvalue weighted by Gasteiger charge is -2.47. The van der Waals surface area contributed by atoms with Crippen molar-refractivity contribution >= 4 is 39.6 Å². The zero-order valence-corrected chi connectivity index (χ0v) is 24.3. The first-order chi connectivity index (χ1) is 18.3. The second kappa shape index (κ2) is 11.0. The highest BCUT2D eigenvalue weighted by Gasteiger charge is 2.60. The molecule has 6 atom stereocenters. The van der Waals surface area contributed by atoms with Crippen LogP contribution in [0.15, 0.2) is 33.7 Å². The number of methoxy groups -OCH3 is 2. The molecule has 214 valence electrons. The number of aliphatic carboxylic acids is 1. The fourth-order valence-corrected chi connectivity index (χ4v) is 8.30. The number of thioether (sulfide) groups is 1. The van der Waals surface area contributed by atoms with Crippen LogP contribution >= 0.6 is 11.8 Å². The zero-order chi connectivity index (χ0) is 28.8. The average Bonchev–Trinajstić information content (AvgIpc) is 3.44. The highest BCUT2D eigenvalue weighted by atomic mass is 32.2. The molecule has 14 heteroatoms. The molecular weight excluding hydrogens is 548 g/mol. The summed E-state index contributed by atoms with van der Waals surface area (Å²) in [4.78, 5) is 41.2. The van der Waals surface area contributed by atoms with Gasteiger partial charge in [0.2, 0.25) is 21.8 Å². The molecule has 3 aliphatic rings. The lowest BCUT2D eigenvalue weighted by atomic mass is 9.78. The number of β-lactam (4-membered cyclic amide) rings is 1. The van der Waals surface area contributed by atoms with E-state index in [1.807, 2.05) is 6.92 Å². The Hall–Kier alpha value is -2.81. The van der Waals surface area contributed by atoms with Crippen molar-refractivity contribution in [3.8, 4) is 11.5 Å². The second-order valence-electron chi connectivity index (χ2n) is 10.1. The number of carbonyl (C=O) groups excluding carboxylic acids is 2. The molecular formula is C25H34N4O8S2. The largest absolute Gasteiger partial charge is 0.493 e. The third-order valence-corrected chi connectivity index (χ3v) is 10.5. The summed E-state index contributed by atoms with van der Waals surface area (Å²) in [6.45, 7) is 3.99. The Kier molecular flexibility index (Phi) is 8.22. The van der Waals surface area contributed by atoms with Gasteiger partial charge >= 0.3 is 5.97 Å². The highest BCUT2D eigenvalue weighted by molar-refractivity contribution is 8.03. The first kappa shape index (κ1) is 29.2. The van der Waals surface area contributed by atoms with E-state index in [0.29, 0.717) is 23.6 Å². The molecule has 2 fully saturated rings. The number of nitrogens with zero attached hydrogens (tertiary/aromatic N) is 2. The lowest BCUT2D eigenvalue weighted by molar-refractivity contribution is -0.157. The minimum Gasteiger partial charge on any atom is -0.493 e. The van der Waals surface area contributed by atoms with Crippen molar-refractivity contribution in [1.29, 1.82) is 0 Å². The number of fused-ring (bicyclic) bond motifs is 1. The molecule has 4 rings (SSSR count). The molecule has 1 aromatic carbocycles. The van der Waals surface area contributed by atoms with E-state index in [0.717, 1.165) is 0 Å². The fourth-order valence-electron chi connectivity index (χ4n) is 5.54. The molecule has 3 aliphatic heterocycles. The third-order valence-electron chi connectivity index (χ3n) is 7.46. The van der Waals surface area contributed by atoms with Gasteiger partial charge in [-0.3, -0.25) is 9.59 Å². The van der Waals surface area contributed by atoms with Gasteiger partial charge in [-0.05, 0) is 25.5 Å². The number of sulfonamides is 1. The number of carboxylic acid groups (broad SMARTS) is 1. The van der Waals surface area contributed by atoms with Crippen LogP contribution in [-0.2, 0) is 24.4 Å². The molecule has 3 N–H and O–H groups in total. The molecule has 3 heterocycles. The Bertz CT molecular complexity index is 1310. The SMILES string of the molecule is COc1ccc(S(=O)(=O)NC(C)[C@H]2C(=O)N3C(C(=O)O)=C(S[C@@H]4CN[C@H](C(=O)N(C)C)C4)[C@H](C)[C@H]23)cc1OC. The number of benzene rings is 1. The summed E-state index contributed by atoms with van der Waals surface area (Å²) in [5.41, 5.74) is -0.0592. The summed E-state index contributed by atoms with van der Waals surface area (Å²) in [6.07, 6.45) is 0.536. The first-order valence-corrected chi connectivity index (χ1v) is 14.8. The van der Waals surface area contributed by atoms with Gasteiger partial charge in [0.25, 0.3) is 0 Å². The summed E-state index contributed by atoms with van der Waals surface area (Å²) in [6, 6.07) is 2.56. The van der Waals surface area contributed by atoms with Gasteiger partial charge in [-0.15, -0.1) is 11.8 Å². The molecule has 2 amide bonds. The van der Waals surface area contributed by atoms with Crippen LogP contribution in [0.1, 0.15) is 20.3 Å². The third kappa shape index (κ3) is 5.22. The van der Waals surface area contributed by atoms with Crippen molar-refractivity contribution in [2.45, 2.75) is 48.5 Å². The van der Waals surface area contributed by atoms with E-state index >= 15 is 0 Å². The van der Waals surface area contributed by atoms with Gasteiger partial charge in [-0.2, -0.15) is 0 Å². The van der Waals surface area contributed by atoms with E-state index in [1.54, 1.807) is 21.0 Å². The van der Waals surface area contributed by atoms with Crippen LogP contribution in [0.4, 0.5) is 0 Å². The summed E-state index contributed by atoms with van der Waals surface area (Å²) in [7, 11) is 2.19. The predicted molar refractivity (Wildman–Crippen MR) is 144 cm³/mol. The molecule has 0 aromatic heterocycles. The van der Waals surface area contributed by atoms with Crippen LogP contribution in [0, 0.1) is 11.8 Å². The van der Waals surface area contributed by atoms with Crippen molar-refractivity contribution < 1.29 is 37.4 Å². The van der Waals surface area contributed by atoms with Gasteiger partial charge in [0.1, 0.15) is 5.70 Å². The number of ether oxygens (including phenoxy) is 2. The van der Waals surface area contributed by atoms with Gasteiger partial charge in [0.05, 0.1) is 37.1 Å². The molecule has 0 spiro atoms. The Balaban J connectivity index is 1.51. The van der Waals surface area contributed by atoms with Crippen LogP contribution < -0.4 is 19.5 Å². The Morgan fingerprint density at radius 2 is 1.90 bits per heavy atom. The highest BCUT2D eigenvalue weighted by Crippen LogP contribution is 2.52. The smallest absolute Gasteiger partial charge is 0.353 e. The fraction of sp³-hybridized carbons (Fsp3) is 0.560. The molecule has 1 unspecified atom stereocenters. The topological polar surface area (TPSA) is 155 Å². The normalized spacial score (nSPS) is 27.2. The Labute approximate surface area is 232 Å². The number of likely N-dealkylation sites (N-methyl/N-ethyl adjacent to an activating group) is 1. The molecule has 39 heavy (non-hydrogen) atoms. The quantitative estimate of drug-likeness (QED) is 0.336. The van der Waals surface area contributed by atoms with Gasteiger partial charge in [-0.1, -0.05) is 6.92 Å². The van der Waals surface area contributed by atoms with Crippen molar-refractivity contribution in [3.63, 3.8) is 0 Å². The van der Waals surface area contributed by atoms with E-state index < -0.39 is 39.9 Å². The van der Waals surface area contributed by atoms with Gasteiger partial charge < -0.3 is 29.7 Å². The number of amides is 2. The van der Waals surface area contributed by atoms with Crippen LogP contribution in [0.5, 0.6) is 11.5 Å². The minimum absolute atomic E-state index is 0.0420. The standard InChI is InChI=1S/C25H34N4O8S2/c1-12-20-19(13(2)27-39(34,35)15-7-8-17(36-5)18(10-15)37-6)24(31)29(20)21(25(32)33)22(12)38-14-9-16(26-11-14)23(30)28(3)4/h7-8,10,12-14,16,19-20,26-27H,9,11H2,1-6H3,(H,32,33)/t12-,13?,14+,16+,19-,20-/m1/s1. The number of hydrogen-bond donors (Lipinski definition) is 3. The maximum Gasteiger partial charge on any atom is 0.353 e. The maximum atomic E-state index is 13.2. The van der Waals surface area contributed by atoms with Crippen molar-refractivity contribution in [2.75, 3.05) is 34.9 Å². The van der Waals surface area contributed by atoms with Gasteiger partial charge in [-0.25, -0.2) is 17.9 Å². The summed E-state index contributed by atoms with van der Waals surface area (Å²) < 4.78 is 39.3. The number of hydrogen-bond acceptors (Lipinski definition) is 9. The second-order valence-corrected chi connectivity index (χ2v) is 13.2. The molecule has 1 aromatic rings. The monoisotopic (exact) mass is 582 g/mol. The van der Waals surface area contributed by atoms with Crippen LogP contribution in [0.3, 0.4) is 0 Å². The summed E-state index contributed by atoms with van der Waals surface area (Å²) in [5.74, 6) is -2.12. The van der Waals surface area contributed by atoms with E-state index in [2.05, 4.69) is 10.0 Å². The molecule has 0 aliphatic carbocycles. The Morgan fingerprint density at radius 1 is 1.23 bits per heavy atom. The van der Waals surface area contributed by atoms with Crippen molar-refractivity contribution in [1.82, 2.24) is 19.8 Å². The summed E-state index contributed by atoms with van der Waals surface area (Å²) >= 11 is 1.38. The van der Waals surface area contributed by atoms with E-state index in [9.17, 15) is 27.9 Å². The van der Waals surface area contributed by atoms with Crippen molar-refractivity contribution in [3.05, 3.63) is 28.8 Å². The molecule has 0 saturated carbocycles. The van der Waals surface area contributed by atoms with Crippen molar-refractivity contribution in [2.24, 2.45) is 11.8 Å². The lowest BCUT2D eigenvalue weighted by Crippen LogP contribution is -2.66. The Morgan fingerprint density at radius 3 is 2.49 bits per heavy atom. The first-order valence-electron chi connectivity index (χ1n) is 12.5. The van der Waals surface area contributed by atoms with E-state index in [4.69, 9.17) is 9.47 Å². The minimum atomic E-state index is -4.03. The van der Waals surface area contributed by atoms with Crippen LogP contribution in [-0.4, -0.2) is 99.3 Å². The zero-order valence-electron chi connectivity index (χ0n) is 22.6. The van der Waals surface area contributed by atoms with Crippen LogP contribution in [0.25, 0.3) is 0 Å². The van der Waals surface area contributed by atoms with Gasteiger partial charge in [0.15, 0.2) is 11.5 Å². The van der Waals surface area contributed by atoms with Crippen LogP contribution in [0.2, 0.25) is 0 Å². The molecule has 12 nitrogen and oxygen atoms in total. The number of rotatable bonds is 10. The molecule has 2 saturated heterocycles. The van der Waals surface area contributed by atoms with Gasteiger partial charge in [0, 0.05) is 48.8 Å². The summed E-state index contributed by atoms with van der Waals surface area (Å²) in [5, 5.41) is 13.2. The predicted octanol–water partition coefficient (Wildman–Crippen LogP) is 0.695. The number of carbonyl (C=O) groups is 3. The van der Waals surface area contributed by atoms with E-state index in [-0.39, 0.29) is 39.5 Å². The average molecular weight is 583 g/mol. The molecule has 0 radical (unpaired) electrons. The molecule has 0 bridgehead atoms. The number of carboxylic acids is 1.